The lowest BCUT2D eigenvalue weighted by molar-refractivity contribution is 0.624. The van der Waals surface area contributed by atoms with E-state index in [2.05, 4.69) is 54.1 Å². The van der Waals surface area contributed by atoms with Gasteiger partial charge in [-0.3, -0.25) is 0 Å². The van der Waals surface area contributed by atoms with Crippen LogP contribution in [0.15, 0.2) is 76.7 Å². The fraction of sp³-hybridized carbons (Fsp3) is 0.111. The van der Waals surface area contributed by atoms with E-state index < -0.39 is 0 Å². The maximum atomic E-state index is 13.2. The Morgan fingerprint density at radius 1 is 0.952 bits per heavy atom. The number of nitrogens with zero attached hydrogens (tertiary/aromatic N) is 1. The van der Waals surface area contributed by atoms with Crippen molar-refractivity contribution in [3.05, 3.63) is 83.9 Å². The molecule has 1 nitrogen and oxygen atoms in total. The molecule has 1 aromatic heterocycles. The van der Waals surface area contributed by atoms with Gasteiger partial charge in [-0.2, -0.15) is 0 Å². The number of benzene rings is 2. The van der Waals surface area contributed by atoms with Crippen LogP contribution in [0.3, 0.4) is 0 Å². The molecule has 0 amide bonds. The van der Waals surface area contributed by atoms with Gasteiger partial charge in [-0.05, 0) is 55.0 Å². The summed E-state index contributed by atoms with van der Waals surface area (Å²) in [6, 6.07) is 19.3. The van der Waals surface area contributed by atoms with Gasteiger partial charge in [-0.15, -0.1) is 0 Å². The molecule has 2 aromatic carbocycles. The van der Waals surface area contributed by atoms with E-state index in [1.165, 1.54) is 17.3 Å². The SMILES string of the molecule is Cc1cccn1Cc1ccc(Sc2cccc(F)c2)cc1. The lowest BCUT2D eigenvalue weighted by atomic mass is 10.2. The fourth-order valence-corrected chi connectivity index (χ4v) is 3.07. The summed E-state index contributed by atoms with van der Waals surface area (Å²) in [6.45, 7) is 2.98. The molecule has 21 heavy (non-hydrogen) atoms. The summed E-state index contributed by atoms with van der Waals surface area (Å²) in [5, 5.41) is 0. The largest absolute Gasteiger partial charge is 0.347 e. The zero-order chi connectivity index (χ0) is 14.7. The molecule has 0 N–H and O–H groups in total. The lowest BCUT2D eigenvalue weighted by Crippen LogP contribution is -1.99. The van der Waals surface area contributed by atoms with Crippen LogP contribution in [0.1, 0.15) is 11.3 Å². The normalized spacial score (nSPS) is 10.8. The van der Waals surface area contributed by atoms with E-state index in [1.807, 2.05) is 6.07 Å². The standard InChI is InChI=1S/C18H16FNS/c1-14-4-3-11-20(14)13-15-7-9-17(10-8-15)21-18-6-2-5-16(19)12-18/h2-12H,13H2,1H3. The van der Waals surface area contributed by atoms with Crippen LogP contribution in [-0.2, 0) is 6.54 Å². The van der Waals surface area contributed by atoms with Crippen molar-refractivity contribution in [3.63, 3.8) is 0 Å². The predicted octanol–water partition coefficient (Wildman–Crippen LogP) is 5.14. The first kappa shape index (κ1) is 14.0. The van der Waals surface area contributed by atoms with Gasteiger partial charge in [0.2, 0.25) is 0 Å². The van der Waals surface area contributed by atoms with E-state index in [0.29, 0.717) is 0 Å². The lowest BCUT2D eigenvalue weighted by Gasteiger charge is -2.07. The third-order valence-electron chi connectivity index (χ3n) is 3.36. The van der Waals surface area contributed by atoms with Gasteiger partial charge in [0.1, 0.15) is 5.82 Å². The first-order chi connectivity index (χ1) is 10.2. The zero-order valence-electron chi connectivity index (χ0n) is 11.8. The topological polar surface area (TPSA) is 4.93 Å². The van der Waals surface area contributed by atoms with Crippen LogP contribution >= 0.6 is 11.8 Å². The maximum Gasteiger partial charge on any atom is 0.124 e. The Labute approximate surface area is 128 Å². The smallest absolute Gasteiger partial charge is 0.124 e. The van der Waals surface area contributed by atoms with Crippen LogP contribution < -0.4 is 0 Å². The van der Waals surface area contributed by atoms with Gasteiger partial charge in [-0.25, -0.2) is 4.39 Å². The van der Waals surface area contributed by atoms with Gasteiger partial charge in [0.25, 0.3) is 0 Å². The number of hydrogen-bond acceptors (Lipinski definition) is 1. The second kappa shape index (κ2) is 6.19. The molecule has 0 saturated carbocycles. The molecule has 0 radical (unpaired) electrons. The van der Waals surface area contributed by atoms with Gasteiger partial charge < -0.3 is 4.57 Å². The molecule has 1 heterocycles. The Bertz CT molecular complexity index is 731. The number of aryl methyl sites for hydroxylation is 1. The van der Waals surface area contributed by atoms with Crippen LogP contribution in [0.4, 0.5) is 4.39 Å². The Hall–Kier alpha value is -2.00. The molecule has 0 aliphatic heterocycles. The minimum atomic E-state index is -0.195. The van der Waals surface area contributed by atoms with Crippen molar-refractivity contribution >= 4 is 11.8 Å². The van der Waals surface area contributed by atoms with Gasteiger partial charge in [0.05, 0.1) is 0 Å². The highest BCUT2D eigenvalue weighted by Gasteiger charge is 2.01. The fourth-order valence-electron chi connectivity index (χ4n) is 2.20. The molecular weight excluding hydrogens is 281 g/mol. The van der Waals surface area contributed by atoms with Crippen LogP contribution in [0.2, 0.25) is 0 Å². The van der Waals surface area contributed by atoms with Crippen molar-refractivity contribution in [1.29, 1.82) is 0 Å². The Kier molecular flexibility index (Phi) is 4.11. The summed E-state index contributed by atoms with van der Waals surface area (Å²) in [7, 11) is 0. The Balaban J connectivity index is 1.71. The summed E-state index contributed by atoms with van der Waals surface area (Å²) in [5.74, 6) is -0.195. The molecule has 3 rings (SSSR count). The average molecular weight is 297 g/mol. The molecule has 0 spiro atoms. The molecule has 0 bridgehead atoms. The van der Waals surface area contributed by atoms with Crippen molar-refractivity contribution in [1.82, 2.24) is 4.57 Å². The Morgan fingerprint density at radius 3 is 2.43 bits per heavy atom. The number of aromatic nitrogens is 1. The van der Waals surface area contributed by atoms with Crippen LogP contribution in [0, 0.1) is 12.7 Å². The predicted molar refractivity (Wildman–Crippen MR) is 85.2 cm³/mol. The van der Waals surface area contributed by atoms with Crippen LogP contribution in [0.5, 0.6) is 0 Å². The quantitative estimate of drug-likeness (QED) is 0.646. The minimum absolute atomic E-state index is 0.195. The average Bonchev–Trinajstić information content (AvgIpc) is 2.87. The summed E-state index contributed by atoms with van der Waals surface area (Å²) in [4.78, 5) is 2.04. The van der Waals surface area contributed by atoms with Crippen LogP contribution in [0.25, 0.3) is 0 Å². The molecule has 3 aromatic rings. The highest BCUT2D eigenvalue weighted by Crippen LogP contribution is 2.28. The first-order valence-corrected chi connectivity index (χ1v) is 7.66. The monoisotopic (exact) mass is 297 g/mol. The van der Waals surface area contributed by atoms with Crippen molar-refractivity contribution < 1.29 is 4.39 Å². The van der Waals surface area contributed by atoms with E-state index in [4.69, 9.17) is 0 Å². The highest BCUT2D eigenvalue weighted by molar-refractivity contribution is 7.99. The van der Waals surface area contributed by atoms with E-state index in [9.17, 15) is 4.39 Å². The van der Waals surface area contributed by atoms with E-state index in [0.717, 1.165) is 16.3 Å². The highest BCUT2D eigenvalue weighted by atomic mass is 32.2. The number of halogens is 1. The van der Waals surface area contributed by atoms with Gasteiger partial charge in [0.15, 0.2) is 0 Å². The summed E-state index contributed by atoms with van der Waals surface area (Å²) < 4.78 is 15.4. The molecule has 0 fully saturated rings. The molecule has 3 heteroatoms. The van der Waals surface area contributed by atoms with Crippen molar-refractivity contribution in [3.8, 4) is 0 Å². The molecular formula is C18H16FNS. The molecule has 0 saturated heterocycles. The molecule has 0 aliphatic carbocycles. The summed E-state index contributed by atoms with van der Waals surface area (Å²) in [6.07, 6.45) is 2.09. The van der Waals surface area contributed by atoms with Crippen LogP contribution in [-0.4, -0.2) is 4.57 Å². The third kappa shape index (κ3) is 3.56. The number of hydrogen-bond donors (Lipinski definition) is 0. The van der Waals surface area contributed by atoms with E-state index in [-0.39, 0.29) is 5.82 Å². The molecule has 0 aliphatic rings. The van der Waals surface area contributed by atoms with Gasteiger partial charge in [0, 0.05) is 28.2 Å². The van der Waals surface area contributed by atoms with Crippen molar-refractivity contribution in [2.75, 3.05) is 0 Å². The summed E-state index contributed by atoms with van der Waals surface area (Å²) in [5.41, 5.74) is 2.52. The third-order valence-corrected chi connectivity index (χ3v) is 4.36. The van der Waals surface area contributed by atoms with Gasteiger partial charge >= 0.3 is 0 Å². The second-order valence-corrected chi connectivity index (χ2v) is 6.13. The van der Waals surface area contributed by atoms with E-state index >= 15 is 0 Å². The molecule has 0 unspecified atom stereocenters. The second-order valence-electron chi connectivity index (χ2n) is 4.98. The minimum Gasteiger partial charge on any atom is -0.347 e. The van der Waals surface area contributed by atoms with E-state index in [1.54, 1.807) is 23.9 Å². The molecule has 0 atom stereocenters. The molecule has 106 valence electrons. The van der Waals surface area contributed by atoms with Crippen molar-refractivity contribution in [2.24, 2.45) is 0 Å². The van der Waals surface area contributed by atoms with Gasteiger partial charge in [-0.1, -0.05) is 30.0 Å². The maximum absolute atomic E-state index is 13.2. The Morgan fingerprint density at radius 2 is 1.76 bits per heavy atom. The first-order valence-electron chi connectivity index (χ1n) is 6.85. The zero-order valence-corrected chi connectivity index (χ0v) is 12.6. The number of rotatable bonds is 4. The van der Waals surface area contributed by atoms with Crippen molar-refractivity contribution in [2.45, 2.75) is 23.3 Å². The summed E-state index contributed by atoms with van der Waals surface area (Å²) >= 11 is 1.57.